The number of nitrogen functional groups attached to an aromatic ring is 1. The summed E-state index contributed by atoms with van der Waals surface area (Å²) in [6, 6.07) is 13.2. The normalized spacial score (nSPS) is 12.2. The van der Waals surface area contributed by atoms with Crippen molar-refractivity contribution in [1.82, 2.24) is 5.32 Å². The van der Waals surface area contributed by atoms with E-state index in [0.29, 0.717) is 6.54 Å². The first-order chi connectivity index (χ1) is 14.0. The number of benzene rings is 3. The SMILES string of the molecule is Nc1cc(S(=O)(=O)O)cc2cc(S(=O)(=O)O)cc(C(=O)CNCc3ccccc3)c12. The first kappa shape index (κ1) is 21.9. The van der Waals surface area contributed by atoms with Gasteiger partial charge in [-0.05, 0) is 35.2 Å². The summed E-state index contributed by atoms with van der Waals surface area (Å²) < 4.78 is 64.9. The first-order valence-electron chi connectivity index (χ1n) is 8.57. The number of Topliss-reactive ketones (excluding diaryl/α,β-unsaturated/α-hetero) is 1. The van der Waals surface area contributed by atoms with E-state index in [1.165, 1.54) is 0 Å². The van der Waals surface area contributed by atoms with Crippen LogP contribution in [0.1, 0.15) is 15.9 Å². The van der Waals surface area contributed by atoms with Crippen LogP contribution < -0.4 is 11.1 Å². The average molecular weight is 450 g/mol. The van der Waals surface area contributed by atoms with Gasteiger partial charge in [0.1, 0.15) is 0 Å². The molecule has 5 N–H and O–H groups in total. The molecule has 0 aliphatic rings. The quantitative estimate of drug-likeness (QED) is 0.239. The fourth-order valence-electron chi connectivity index (χ4n) is 3.02. The Hall–Kier alpha value is -2.83. The van der Waals surface area contributed by atoms with E-state index in [1.807, 2.05) is 30.3 Å². The summed E-state index contributed by atoms with van der Waals surface area (Å²) >= 11 is 0. The van der Waals surface area contributed by atoms with Gasteiger partial charge >= 0.3 is 0 Å². The highest BCUT2D eigenvalue weighted by atomic mass is 32.2. The van der Waals surface area contributed by atoms with Crippen molar-refractivity contribution >= 4 is 42.5 Å². The molecule has 11 heteroatoms. The number of carbonyl (C=O) groups excluding carboxylic acids is 1. The molecule has 0 amide bonds. The highest BCUT2D eigenvalue weighted by Gasteiger charge is 2.21. The lowest BCUT2D eigenvalue weighted by Gasteiger charge is -2.13. The molecule has 3 aromatic rings. The Bertz CT molecular complexity index is 1330. The molecule has 0 unspecified atom stereocenters. The molecule has 0 aromatic heterocycles. The Morgan fingerprint density at radius 1 is 0.900 bits per heavy atom. The van der Waals surface area contributed by atoms with Gasteiger partial charge in [-0.15, -0.1) is 0 Å². The minimum atomic E-state index is -4.70. The van der Waals surface area contributed by atoms with Crippen LogP contribution >= 0.6 is 0 Å². The van der Waals surface area contributed by atoms with Crippen LogP contribution in [0.25, 0.3) is 10.8 Å². The van der Waals surface area contributed by atoms with Crippen LogP contribution in [-0.2, 0) is 26.8 Å². The number of rotatable bonds is 7. The van der Waals surface area contributed by atoms with Gasteiger partial charge in [-0.2, -0.15) is 16.8 Å². The molecule has 0 spiro atoms. The minimum Gasteiger partial charge on any atom is -0.398 e. The van der Waals surface area contributed by atoms with Crippen molar-refractivity contribution in [2.24, 2.45) is 0 Å². The van der Waals surface area contributed by atoms with Crippen LogP contribution in [0.3, 0.4) is 0 Å². The number of fused-ring (bicyclic) bond motifs is 1. The van der Waals surface area contributed by atoms with Crippen LogP contribution in [0.5, 0.6) is 0 Å². The molecule has 0 saturated heterocycles. The monoisotopic (exact) mass is 450 g/mol. The predicted octanol–water partition coefficient (Wildman–Crippen LogP) is 1.89. The van der Waals surface area contributed by atoms with E-state index in [0.717, 1.165) is 29.8 Å². The van der Waals surface area contributed by atoms with E-state index < -0.39 is 35.8 Å². The average Bonchev–Trinajstić information content (AvgIpc) is 2.66. The Balaban J connectivity index is 2.06. The van der Waals surface area contributed by atoms with Crippen molar-refractivity contribution < 1.29 is 30.7 Å². The number of ketones is 1. The van der Waals surface area contributed by atoms with Gasteiger partial charge in [0.2, 0.25) is 0 Å². The van der Waals surface area contributed by atoms with Gasteiger partial charge in [0.25, 0.3) is 20.2 Å². The van der Waals surface area contributed by atoms with Crippen molar-refractivity contribution in [2.45, 2.75) is 16.3 Å². The number of anilines is 1. The van der Waals surface area contributed by atoms with Crippen molar-refractivity contribution in [3.63, 3.8) is 0 Å². The van der Waals surface area contributed by atoms with Gasteiger partial charge in [0.15, 0.2) is 5.78 Å². The third-order valence-corrected chi connectivity index (χ3v) is 6.04. The summed E-state index contributed by atoms with van der Waals surface area (Å²) in [4.78, 5) is 11.6. The molecule has 158 valence electrons. The highest BCUT2D eigenvalue weighted by Crippen LogP contribution is 2.31. The number of carbonyl (C=O) groups is 1. The van der Waals surface area contributed by atoms with E-state index in [-0.39, 0.29) is 28.6 Å². The van der Waals surface area contributed by atoms with Crippen molar-refractivity contribution in [3.8, 4) is 0 Å². The third kappa shape index (κ3) is 4.83. The van der Waals surface area contributed by atoms with Gasteiger partial charge < -0.3 is 11.1 Å². The molecule has 3 rings (SSSR count). The van der Waals surface area contributed by atoms with Gasteiger partial charge in [0, 0.05) is 23.2 Å². The molecular weight excluding hydrogens is 432 g/mol. The molecule has 30 heavy (non-hydrogen) atoms. The summed E-state index contributed by atoms with van der Waals surface area (Å²) in [5.74, 6) is -0.521. The number of hydrogen-bond donors (Lipinski definition) is 4. The molecule has 0 bridgehead atoms. The smallest absolute Gasteiger partial charge is 0.294 e. The summed E-state index contributed by atoms with van der Waals surface area (Å²) in [7, 11) is -9.33. The topological polar surface area (TPSA) is 164 Å². The van der Waals surface area contributed by atoms with Crippen LogP contribution in [0.2, 0.25) is 0 Å². The Kier molecular flexibility index (Phi) is 5.92. The number of nitrogens with two attached hydrogens (primary N) is 1. The summed E-state index contributed by atoms with van der Waals surface area (Å²) in [5.41, 5.74) is 6.58. The van der Waals surface area contributed by atoms with E-state index in [9.17, 15) is 30.7 Å². The Morgan fingerprint density at radius 2 is 1.47 bits per heavy atom. The number of hydrogen-bond acceptors (Lipinski definition) is 7. The summed E-state index contributed by atoms with van der Waals surface area (Å²) in [6.07, 6.45) is 0. The molecule has 0 atom stereocenters. The Morgan fingerprint density at radius 3 is 2.03 bits per heavy atom. The standard InChI is InChI=1S/C19H18N2O7S2/c20-17-9-15(30(26,27)28)7-13-6-14(29(23,24)25)8-16(19(13)17)18(22)11-21-10-12-4-2-1-3-5-12/h1-9,21H,10-11,20H2,(H,23,24,25)(H,26,27,28). The van der Waals surface area contributed by atoms with Crippen LogP contribution in [-0.4, -0.2) is 38.3 Å². The van der Waals surface area contributed by atoms with E-state index in [1.54, 1.807) is 0 Å². The maximum atomic E-state index is 12.8. The minimum absolute atomic E-state index is 0.0378. The molecule has 0 aliphatic heterocycles. The molecule has 0 radical (unpaired) electrons. The molecule has 0 aliphatic carbocycles. The lowest BCUT2D eigenvalue weighted by molar-refractivity contribution is 0.0992. The largest absolute Gasteiger partial charge is 0.398 e. The third-order valence-electron chi connectivity index (χ3n) is 4.38. The van der Waals surface area contributed by atoms with Crippen molar-refractivity contribution in [2.75, 3.05) is 12.3 Å². The predicted molar refractivity (Wildman–Crippen MR) is 110 cm³/mol. The zero-order valence-corrected chi connectivity index (χ0v) is 17.1. The van der Waals surface area contributed by atoms with Gasteiger partial charge in [-0.25, -0.2) is 0 Å². The second kappa shape index (κ2) is 8.13. The van der Waals surface area contributed by atoms with Crippen LogP contribution in [0, 0.1) is 0 Å². The zero-order valence-electron chi connectivity index (χ0n) is 15.4. The van der Waals surface area contributed by atoms with E-state index >= 15 is 0 Å². The highest BCUT2D eigenvalue weighted by molar-refractivity contribution is 7.86. The van der Waals surface area contributed by atoms with E-state index in [4.69, 9.17) is 5.73 Å². The lowest BCUT2D eigenvalue weighted by atomic mass is 9.99. The van der Waals surface area contributed by atoms with Crippen LogP contribution in [0.4, 0.5) is 5.69 Å². The van der Waals surface area contributed by atoms with Crippen LogP contribution in [0.15, 0.2) is 64.4 Å². The molecule has 9 nitrogen and oxygen atoms in total. The molecule has 0 fully saturated rings. The maximum absolute atomic E-state index is 12.8. The first-order valence-corrected chi connectivity index (χ1v) is 11.4. The van der Waals surface area contributed by atoms with Gasteiger partial charge in [0.05, 0.1) is 16.3 Å². The molecule has 3 aromatic carbocycles. The summed E-state index contributed by atoms with van der Waals surface area (Å²) in [6.45, 7) is 0.212. The fourth-order valence-corrected chi connectivity index (χ4v) is 4.12. The molecule has 0 heterocycles. The fraction of sp³-hybridized carbons (Fsp3) is 0.105. The molecular formula is C19H18N2O7S2. The second-order valence-electron chi connectivity index (χ2n) is 6.54. The Labute approximate surface area is 173 Å². The maximum Gasteiger partial charge on any atom is 0.294 e. The van der Waals surface area contributed by atoms with Crippen molar-refractivity contribution in [3.05, 3.63) is 65.7 Å². The van der Waals surface area contributed by atoms with Gasteiger partial charge in [-0.3, -0.25) is 13.9 Å². The molecule has 0 saturated carbocycles. The number of nitrogens with one attached hydrogen (secondary N) is 1. The van der Waals surface area contributed by atoms with Gasteiger partial charge in [-0.1, -0.05) is 30.3 Å². The van der Waals surface area contributed by atoms with Crippen molar-refractivity contribution in [1.29, 1.82) is 0 Å². The second-order valence-corrected chi connectivity index (χ2v) is 9.39. The summed E-state index contributed by atoms with van der Waals surface area (Å²) in [5, 5.41) is 3.01. The van der Waals surface area contributed by atoms with E-state index in [2.05, 4.69) is 5.32 Å². The lowest BCUT2D eigenvalue weighted by Crippen LogP contribution is -2.23. The zero-order chi connectivity index (χ0) is 22.1.